The summed E-state index contributed by atoms with van der Waals surface area (Å²) in [6.07, 6.45) is 0. The smallest absolute Gasteiger partial charge is 0.0360 e. The topological polar surface area (TPSA) is 12.4 Å². The van der Waals surface area contributed by atoms with E-state index in [4.69, 9.17) is 0 Å². The summed E-state index contributed by atoms with van der Waals surface area (Å²) in [4.78, 5) is 4.31. The van der Waals surface area contributed by atoms with Crippen LogP contribution in [-0.2, 0) is 0 Å². The highest BCUT2D eigenvalue weighted by atomic mass is 14.7. The van der Waals surface area contributed by atoms with Crippen molar-refractivity contribution in [3.8, 4) is 0 Å². The van der Waals surface area contributed by atoms with Crippen molar-refractivity contribution in [2.24, 2.45) is 10.4 Å². The van der Waals surface area contributed by atoms with E-state index in [2.05, 4.69) is 39.6 Å². The Kier molecular flexibility index (Phi) is 2.89. The van der Waals surface area contributed by atoms with Gasteiger partial charge in [0.15, 0.2) is 0 Å². The van der Waals surface area contributed by atoms with Gasteiger partial charge in [-0.15, -0.1) is 0 Å². The van der Waals surface area contributed by atoms with E-state index >= 15 is 0 Å². The van der Waals surface area contributed by atoms with Crippen LogP contribution in [0.15, 0.2) is 4.99 Å². The van der Waals surface area contributed by atoms with Gasteiger partial charge in [-0.25, -0.2) is 0 Å². The van der Waals surface area contributed by atoms with E-state index < -0.39 is 0 Å². The van der Waals surface area contributed by atoms with Crippen LogP contribution in [0.2, 0.25) is 0 Å². The fourth-order valence-electron chi connectivity index (χ4n) is 0.474. The number of aliphatic imine (C=N–C) groups is 1. The molecule has 0 aromatic heterocycles. The Morgan fingerprint density at radius 1 is 1.33 bits per heavy atom. The van der Waals surface area contributed by atoms with Gasteiger partial charge in [0, 0.05) is 12.3 Å². The van der Waals surface area contributed by atoms with Crippen molar-refractivity contribution >= 4 is 5.71 Å². The molecule has 0 radical (unpaired) electrons. The molecule has 0 amide bonds. The van der Waals surface area contributed by atoms with Crippen LogP contribution >= 0.6 is 0 Å². The maximum Gasteiger partial charge on any atom is 0.0360 e. The summed E-state index contributed by atoms with van der Waals surface area (Å²) in [6.45, 7) is 11.6. The summed E-state index contributed by atoms with van der Waals surface area (Å²) >= 11 is 0. The van der Waals surface area contributed by atoms with E-state index in [1.807, 2.05) is 0 Å². The number of rotatable bonds is 1. The maximum absolute atomic E-state index is 4.31. The molecule has 9 heavy (non-hydrogen) atoms. The predicted molar refractivity (Wildman–Crippen MR) is 43.1 cm³/mol. The second-order valence-corrected chi connectivity index (χ2v) is 3.31. The SMILES string of the molecule is CCN=C(C)C(C)(C)C. The zero-order chi connectivity index (χ0) is 7.49. The Morgan fingerprint density at radius 2 is 1.78 bits per heavy atom. The van der Waals surface area contributed by atoms with Gasteiger partial charge in [0.25, 0.3) is 0 Å². The Hall–Kier alpha value is -0.330. The van der Waals surface area contributed by atoms with Crippen molar-refractivity contribution in [3.05, 3.63) is 0 Å². The van der Waals surface area contributed by atoms with Gasteiger partial charge in [-0.1, -0.05) is 20.8 Å². The molecule has 0 aliphatic rings. The van der Waals surface area contributed by atoms with Crippen LogP contribution in [0, 0.1) is 5.41 Å². The van der Waals surface area contributed by atoms with Crippen LogP contribution in [-0.4, -0.2) is 12.3 Å². The summed E-state index contributed by atoms with van der Waals surface area (Å²) in [6, 6.07) is 0. The van der Waals surface area contributed by atoms with Crippen LogP contribution < -0.4 is 0 Å². The molecule has 1 nitrogen and oxygen atoms in total. The van der Waals surface area contributed by atoms with E-state index in [-0.39, 0.29) is 5.41 Å². The molecule has 0 aromatic carbocycles. The fraction of sp³-hybridized carbons (Fsp3) is 0.875. The maximum atomic E-state index is 4.31. The van der Waals surface area contributed by atoms with E-state index in [1.54, 1.807) is 0 Å². The number of hydrogen-bond acceptors (Lipinski definition) is 1. The quantitative estimate of drug-likeness (QED) is 0.480. The van der Waals surface area contributed by atoms with Crippen molar-refractivity contribution in [1.82, 2.24) is 0 Å². The highest BCUT2D eigenvalue weighted by Crippen LogP contribution is 2.14. The molecule has 1 heteroatoms. The Bertz CT molecular complexity index is 106. The summed E-state index contributed by atoms with van der Waals surface area (Å²) in [5.41, 5.74) is 1.50. The highest BCUT2D eigenvalue weighted by molar-refractivity contribution is 5.86. The van der Waals surface area contributed by atoms with Gasteiger partial charge >= 0.3 is 0 Å². The lowest BCUT2D eigenvalue weighted by Gasteiger charge is -2.17. The molecule has 0 N–H and O–H groups in total. The Labute approximate surface area is 58.2 Å². The summed E-state index contributed by atoms with van der Waals surface area (Å²) < 4.78 is 0. The molecule has 0 atom stereocenters. The van der Waals surface area contributed by atoms with Crippen molar-refractivity contribution in [3.63, 3.8) is 0 Å². The molecular weight excluding hydrogens is 110 g/mol. The first-order valence-electron chi connectivity index (χ1n) is 3.50. The molecule has 0 fully saturated rings. The first-order valence-corrected chi connectivity index (χ1v) is 3.50. The molecular formula is C8H17N. The molecule has 0 bridgehead atoms. The van der Waals surface area contributed by atoms with Gasteiger partial charge in [0.2, 0.25) is 0 Å². The molecule has 0 aliphatic carbocycles. The van der Waals surface area contributed by atoms with Crippen molar-refractivity contribution in [2.45, 2.75) is 34.6 Å². The zero-order valence-corrected chi connectivity index (χ0v) is 7.15. The third-order valence-corrected chi connectivity index (χ3v) is 1.48. The summed E-state index contributed by atoms with van der Waals surface area (Å²) in [5.74, 6) is 0. The van der Waals surface area contributed by atoms with Gasteiger partial charge < -0.3 is 0 Å². The molecule has 0 saturated carbocycles. The van der Waals surface area contributed by atoms with Gasteiger partial charge in [0.05, 0.1) is 0 Å². The minimum absolute atomic E-state index is 0.260. The molecule has 54 valence electrons. The molecule has 0 saturated heterocycles. The normalized spacial score (nSPS) is 14.1. The summed E-state index contributed by atoms with van der Waals surface area (Å²) in [7, 11) is 0. The minimum Gasteiger partial charge on any atom is -0.294 e. The molecule has 0 rings (SSSR count). The van der Waals surface area contributed by atoms with Crippen molar-refractivity contribution in [2.75, 3.05) is 6.54 Å². The van der Waals surface area contributed by atoms with Crippen LogP contribution in [0.4, 0.5) is 0 Å². The third kappa shape index (κ3) is 3.28. The van der Waals surface area contributed by atoms with Crippen LogP contribution in [0.25, 0.3) is 0 Å². The molecule has 0 aliphatic heterocycles. The lowest BCUT2D eigenvalue weighted by molar-refractivity contribution is 0.585. The molecule has 0 heterocycles. The van der Waals surface area contributed by atoms with E-state index in [0.717, 1.165) is 6.54 Å². The van der Waals surface area contributed by atoms with E-state index in [9.17, 15) is 0 Å². The lowest BCUT2D eigenvalue weighted by Crippen LogP contribution is -2.16. The van der Waals surface area contributed by atoms with Crippen LogP contribution in [0.3, 0.4) is 0 Å². The second kappa shape index (κ2) is 3.00. The molecule has 0 spiro atoms. The third-order valence-electron chi connectivity index (χ3n) is 1.48. The highest BCUT2D eigenvalue weighted by Gasteiger charge is 2.12. The standard InChI is InChI=1S/C8H17N/c1-6-9-7(2)8(3,4)5/h6H2,1-5H3. The van der Waals surface area contributed by atoms with Gasteiger partial charge in [-0.2, -0.15) is 0 Å². The fourth-order valence-corrected chi connectivity index (χ4v) is 0.474. The molecule has 0 unspecified atom stereocenters. The van der Waals surface area contributed by atoms with Gasteiger partial charge in [0.1, 0.15) is 0 Å². The molecule has 0 aromatic rings. The van der Waals surface area contributed by atoms with Crippen LogP contribution in [0.1, 0.15) is 34.6 Å². The lowest BCUT2D eigenvalue weighted by atomic mass is 9.91. The second-order valence-electron chi connectivity index (χ2n) is 3.31. The largest absolute Gasteiger partial charge is 0.294 e. The first-order chi connectivity index (χ1) is 3.98. The number of hydrogen-bond donors (Lipinski definition) is 0. The zero-order valence-electron chi connectivity index (χ0n) is 7.15. The predicted octanol–water partition coefficient (Wildman–Crippen LogP) is 2.51. The first kappa shape index (κ1) is 8.67. The Morgan fingerprint density at radius 3 is 1.89 bits per heavy atom. The van der Waals surface area contributed by atoms with Gasteiger partial charge in [-0.05, 0) is 19.3 Å². The Balaban J connectivity index is 4.03. The average Bonchev–Trinajstić information content (AvgIpc) is 1.64. The van der Waals surface area contributed by atoms with Crippen molar-refractivity contribution in [1.29, 1.82) is 0 Å². The minimum atomic E-state index is 0.260. The van der Waals surface area contributed by atoms with Crippen molar-refractivity contribution < 1.29 is 0 Å². The average molecular weight is 127 g/mol. The van der Waals surface area contributed by atoms with Gasteiger partial charge in [-0.3, -0.25) is 4.99 Å². The van der Waals surface area contributed by atoms with E-state index in [0.29, 0.717) is 0 Å². The van der Waals surface area contributed by atoms with E-state index in [1.165, 1.54) is 5.71 Å². The van der Waals surface area contributed by atoms with Crippen LogP contribution in [0.5, 0.6) is 0 Å². The summed E-state index contributed by atoms with van der Waals surface area (Å²) in [5, 5.41) is 0. The monoisotopic (exact) mass is 127 g/mol. The number of nitrogens with zero attached hydrogens (tertiary/aromatic N) is 1.